The van der Waals surface area contributed by atoms with Gasteiger partial charge < -0.3 is 14.6 Å². The number of esters is 1. The molecule has 3 heterocycles. The lowest BCUT2D eigenvalue weighted by molar-refractivity contribution is -0.122. The number of nitrogens with zero attached hydrogens (tertiary/aromatic N) is 2. The molecule has 0 aliphatic carbocycles. The van der Waals surface area contributed by atoms with Crippen LogP contribution in [0, 0.1) is 5.92 Å². The minimum Gasteiger partial charge on any atom is -0.462 e. The Morgan fingerprint density at radius 1 is 0.973 bits per heavy atom. The van der Waals surface area contributed by atoms with Crippen LogP contribution in [-0.2, 0) is 14.3 Å². The number of thiazole rings is 1. The van der Waals surface area contributed by atoms with Crippen molar-refractivity contribution in [2.75, 3.05) is 29.5 Å². The summed E-state index contributed by atoms with van der Waals surface area (Å²) in [5.41, 5.74) is 2.73. The molecule has 192 valence electrons. The van der Waals surface area contributed by atoms with Gasteiger partial charge in [-0.1, -0.05) is 35.2 Å². The van der Waals surface area contributed by atoms with Crippen LogP contribution in [0.25, 0.3) is 0 Å². The van der Waals surface area contributed by atoms with E-state index in [4.69, 9.17) is 4.74 Å². The lowest BCUT2D eigenvalue weighted by Crippen LogP contribution is -2.32. The molecule has 2 aromatic carbocycles. The molecule has 1 aromatic heterocycles. The fraction of sp³-hybridized carbons (Fsp3) is 0.333. The van der Waals surface area contributed by atoms with E-state index in [0.717, 1.165) is 40.6 Å². The lowest BCUT2D eigenvalue weighted by atomic mass is 9.83. The number of rotatable bonds is 7. The molecule has 2 aliphatic rings. The second-order valence-corrected chi connectivity index (χ2v) is 11.0. The summed E-state index contributed by atoms with van der Waals surface area (Å²) >= 11 is 2.34. The first-order valence-electron chi connectivity index (χ1n) is 12.3. The van der Waals surface area contributed by atoms with Crippen LogP contribution in [0.3, 0.4) is 0 Å². The number of ether oxygens (including phenoxy) is 1. The monoisotopic (exact) mass is 537 g/mol. The lowest BCUT2D eigenvalue weighted by Gasteiger charge is -2.30. The minimum atomic E-state index is -0.664. The van der Waals surface area contributed by atoms with Crippen molar-refractivity contribution in [3.8, 4) is 0 Å². The molecule has 1 fully saturated rings. The molecule has 0 radical (unpaired) electrons. The maximum absolute atomic E-state index is 13.8. The van der Waals surface area contributed by atoms with Gasteiger partial charge in [0.05, 0.1) is 28.8 Å². The normalized spacial score (nSPS) is 20.5. The van der Waals surface area contributed by atoms with Gasteiger partial charge in [0.15, 0.2) is 0 Å². The van der Waals surface area contributed by atoms with Crippen LogP contribution in [0.5, 0.6) is 0 Å². The number of benzene rings is 2. The highest BCUT2D eigenvalue weighted by Gasteiger charge is 2.56. The molecule has 0 bridgehead atoms. The molecule has 3 unspecified atom stereocenters. The van der Waals surface area contributed by atoms with Crippen LogP contribution in [-0.4, -0.2) is 47.7 Å². The third kappa shape index (κ3) is 4.38. The fourth-order valence-corrected chi connectivity index (χ4v) is 7.59. The number of aromatic nitrogens is 1. The molecule has 1 N–H and O–H groups in total. The molecule has 10 heteroatoms. The molecule has 3 aromatic rings. The second kappa shape index (κ2) is 10.2. The maximum atomic E-state index is 13.8. The molecule has 3 atom stereocenters. The van der Waals surface area contributed by atoms with E-state index in [2.05, 4.69) is 23.7 Å². The van der Waals surface area contributed by atoms with E-state index in [9.17, 15) is 19.2 Å². The van der Waals surface area contributed by atoms with Gasteiger partial charge in [-0.25, -0.2) is 9.69 Å². The summed E-state index contributed by atoms with van der Waals surface area (Å²) in [5.74, 6) is -2.17. The van der Waals surface area contributed by atoms with Crippen molar-refractivity contribution >= 4 is 52.3 Å². The van der Waals surface area contributed by atoms with Crippen molar-refractivity contribution in [2.24, 2.45) is 5.92 Å². The van der Waals surface area contributed by atoms with Crippen LogP contribution < -0.4 is 14.7 Å². The smallest absolute Gasteiger partial charge is 0.338 e. The van der Waals surface area contributed by atoms with Crippen molar-refractivity contribution in [1.29, 1.82) is 0 Å². The number of nitrogens with one attached hydrogen (secondary N) is 1. The van der Waals surface area contributed by atoms with Crippen LogP contribution in [0.4, 0.5) is 11.4 Å². The van der Waals surface area contributed by atoms with Crippen molar-refractivity contribution in [1.82, 2.24) is 4.98 Å². The highest BCUT2D eigenvalue weighted by Crippen LogP contribution is 2.53. The molecular formula is C27H27N3O5S2. The third-order valence-corrected chi connectivity index (χ3v) is 9.24. The number of amides is 2. The van der Waals surface area contributed by atoms with Crippen molar-refractivity contribution < 1.29 is 19.1 Å². The maximum Gasteiger partial charge on any atom is 0.338 e. The number of H-pyrrole nitrogens is 1. The summed E-state index contributed by atoms with van der Waals surface area (Å²) in [6.45, 7) is 7.93. The predicted molar refractivity (Wildman–Crippen MR) is 145 cm³/mol. The summed E-state index contributed by atoms with van der Waals surface area (Å²) in [6, 6.07) is 14.3. The van der Waals surface area contributed by atoms with E-state index in [1.165, 1.54) is 16.7 Å². The van der Waals surface area contributed by atoms with Crippen molar-refractivity contribution in [3.63, 3.8) is 0 Å². The first kappa shape index (κ1) is 25.3. The van der Waals surface area contributed by atoms with E-state index in [1.54, 1.807) is 31.2 Å². The number of carbonyl (C=O) groups excluding carboxylic acids is 3. The van der Waals surface area contributed by atoms with E-state index in [1.807, 2.05) is 24.3 Å². The first-order chi connectivity index (χ1) is 17.9. The standard InChI is InChI=1S/C27H27N3O5S2/c1-4-29(5-2)17-11-7-15(8-12-17)19-20-22(36-23-21(19)37-27(34)28-23)25(32)30(24(20)31)18-13-9-16(10-14-18)26(33)35-6-3/h7-14,19-20,22H,4-6H2,1-3H3,(H,28,34). The number of hydrogen-bond donors (Lipinski definition) is 1. The number of hydrogen-bond acceptors (Lipinski definition) is 8. The Kier molecular flexibility index (Phi) is 6.96. The molecular weight excluding hydrogens is 510 g/mol. The molecule has 5 rings (SSSR count). The third-order valence-electron chi connectivity index (χ3n) is 6.84. The van der Waals surface area contributed by atoms with Crippen LogP contribution in [0.1, 0.15) is 47.5 Å². The summed E-state index contributed by atoms with van der Waals surface area (Å²) in [6.07, 6.45) is 0. The number of imide groups is 1. The Labute approximate surface area is 222 Å². The van der Waals surface area contributed by atoms with Gasteiger partial charge in [-0.2, -0.15) is 0 Å². The molecule has 2 amide bonds. The fourth-order valence-electron chi connectivity index (χ4n) is 5.07. The summed E-state index contributed by atoms with van der Waals surface area (Å²) in [4.78, 5) is 58.6. The molecule has 37 heavy (non-hydrogen) atoms. The van der Waals surface area contributed by atoms with E-state index < -0.39 is 23.1 Å². The number of aromatic amines is 1. The minimum absolute atomic E-state index is 0.200. The highest BCUT2D eigenvalue weighted by atomic mass is 32.2. The molecule has 1 saturated heterocycles. The quantitative estimate of drug-likeness (QED) is 0.355. The average Bonchev–Trinajstić information content (AvgIpc) is 3.39. The topological polar surface area (TPSA) is 99.8 Å². The van der Waals surface area contributed by atoms with Gasteiger partial charge in [0.25, 0.3) is 0 Å². The Morgan fingerprint density at radius 2 is 1.65 bits per heavy atom. The molecule has 8 nitrogen and oxygen atoms in total. The molecule has 2 aliphatic heterocycles. The van der Waals surface area contributed by atoms with Gasteiger partial charge in [0.1, 0.15) is 5.25 Å². The predicted octanol–water partition coefficient (Wildman–Crippen LogP) is 4.26. The zero-order valence-corrected chi connectivity index (χ0v) is 22.4. The van der Waals surface area contributed by atoms with Crippen molar-refractivity contribution in [3.05, 3.63) is 74.2 Å². The first-order valence-corrected chi connectivity index (χ1v) is 14.0. The van der Waals surface area contributed by atoms with Gasteiger partial charge in [0.2, 0.25) is 11.8 Å². The number of carbonyl (C=O) groups is 3. The second-order valence-electron chi connectivity index (χ2n) is 8.79. The largest absolute Gasteiger partial charge is 0.462 e. The van der Waals surface area contributed by atoms with Crippen molar-refractivity contribution in [2.45, 2.75) is 37.0 Å². The SMILES string of the molecule is CCOC(=O)c1ccc(N2C(=O)C3Sc4[nH]c(=O)sc4C(c4ccc(N(CC)CC)cc4)C3C2=O)cc1. The van der Waals surface area contributed by atoms with Gasteiger partial charge in [-0.15, -0.1) is 0 Å². The highest BCUT2D eigenvalue weighted by molar-refractivity contribution is 8.00. The Hall–Kier alpha value is -3.37. The average molecular weight is 538 g/mol. The number of fused-ring (bicyclic) bond motifs is 2. The Bertz CT molecular complexity index is 1390. The zero-order valence-electron chi connectivity index (χ0n) is 20.7. The summed E-state index contributed by atoms with van der Waals surface area (Å²) in [5, 5.41) is -0.0165. The molecule has 0 spiro atoms. The van der Waals surface area contributed by atoms with E-state index in [0.29, 0.717) is 16.3 Å². The Morgan fingerprint density at radius 3 is 2.27 bits per heavy atom. The van der Waals surface area contributed by atoms with Gasteiger partial charge >= 0.3 is 10.8 Å². The number of anilines is 2. The van der Waals surface area contributed by atoms with E-state index in [-0.39, 0.29) is 23.3 Å². The van der Waals surface area contributed by atoms with Gasteiger partial charge in [-0.3, -0.25) is 14.4 Å². The van der Waals surface area contributed by atoms with Crippen LogP contribution in [0.2, 0.25) is 0 Å². The molecule has 0 saturated carbocycles. The van der Waals surface area contributed by atoms with Gasteiger partial charge in [-0.05, 0) is 62.7 Å². The summed E-state index contributed by atoms with van der Waals surface area (Å²) < 4.78 is 5.03. The summed E-state index contributed by atoms with van der Waals surface area (Å²) in [7, 11) is 0. The van der Waals surface area contributed by atoms with Crippen LogP contribution >= 0.6 is 23.1 Å². The van der Waals surface area contributed by atoms with Crippen LogP contribution in [0.15, 0.2) is 58.4 Å². The number of thioether (sulfide) groups is 1. The Balaban J connectivity index is 1.52. The van der Waals surface area contributed by atoms with E-state index >= 15 is 0 Å². The zero-order chi connectivity index (χ0) is 26.3. The van der Waals surface area contributed by atoms with Gasteiger partial charge in [0, 0.05) is 29.6 Å².